The third-order valence-corrected chi connectivity index (χ3v) is 9.24. The molecule has 0 spiro atoms. The highest BCUT2D eigenvalue weighted by Gasteiger charge is 2.68. The molecule has 0 saturated heterocycles. The third kappa shape index (κ3) is 2.02. The fourth-order valence-electron chi connectivity index (χ4n) is 5.75. The van der Waals surface area contributed by atoms with Gasteiger partial charge in [-0.1, -0.05) is 48.5 Å². The Bertz CT molecular complexity index is 576. The Labute approximate surface area is 146 Å². The van der Waals surface area contributed by atoms with Crippen molar-refractivity contribution in [2.24, 2.45) is 39.4 Å². The molecule has 0 aromatic rings. The van der Waals surface area contributed by atoms with E-state index in [9.17, 15) is 9.59 Å². The molecule has 3 rings (SSSR count). The Morgan fingerprint density at radius 2 is 1.67 bits per heavy atom. The minimum absolute atomic E-state index is 0.00215. The Kier molecular flexibility index (Phi) is 3.80. The van der Waals surface area contributed by atoms with E-state index in [1.54, 1.807) is 0 Å². The van der Waals surface area contributed by atoms with Crippen LogP contribution in [0.15, 0.2) is 0 Å². The second-order valence-electron chi connectivity index (χ2n) is 10.4. The van der Waals surface area contributed by atoms with Gasteiger partial charge in [-0.15, -0.1) is 0 Å². The Balaban J connectivity index is 1.72. The number of ketones is 1. The quantitative estimate of drug-likeness (QED) is 0.558. The van der Waals surface area contributed by atoms with E-state index in [0.717, 1.165) is 19.3 Å². The summed E-state index contributed by atoms with van der Waals surface area (Å²) in [5, 5.41) is 0. The van der Waals surface area contributed by atoms with Crippen LogP contribution in [-0.2, 0) is 14.3 Å². The molecular formula is C21H34O3. The average Bonchev–Trinajstić information content (AvgIpc) is 2.91. The van der Waals surface area contributed by atoms with Crippen LogP contribution in [0, 0.1) is 39.4 Å². The molecule has 0 unspecified atom stereocenters. The number of Topliss-reactive ketones (excluding diaryl/α,β-unsaturated/α-hetero) is 1. The van der Waals surface area contributed by atoms with Crippen LogP contribution in [0.4, 0.5) is 0 Å². The minimum Gasteiger partial charge on any atom is -0.465 e. The van der Waals surface area contributed by atoms with Gasteiger partial charge in [-0.2, -0.15) is 0 Å². The predicted octanol–water partition coefficient (Wildman–Crippen LogP) is 4.63. The van der Waals surface area contributed by atoms with E-state index < -0.39 is 5.92 Å². The van der Waals surface area contributed by atoms with Crippen molar-refractivity contribution in [1.29, 1.82) is 0 Å². The molecule has 3 saturated carbocycles. The molecule has 3 aliphatic carbocycles. The van der Waals surface area contributed by atoms with Crippen molar-refractivity contribution in [3.8, 4) is 0 Å². The summed E-state index contributed by atoms with van der Waals surface area (Å²) in [6, 6.07) is 0. The lowest BCUT2D eigenvalue weighted by Gasteiger charge is -2.40. The van der Waals surface area contributed by atoms with Gasteiger partial charge in [-0.3, -0.25) is 9.59 Å². The number of hydrogen-bond donors (Lipinski definition) is 0. The number of ether oxygens (including phenoxy) is 1. The summed E-state index contributed by atoms with van der Waals surface area (Å²) in [7, 11) is 0. The van der Waals surface area contributed by atoms with E-state index in [1.165, 1.54) is 6.42 Å². The Morgan fingerprint density at radius 3 is 2.12 bits per heavy atom. The van der Waals surface area contributed by atoms with Crippen LogP contribution in [-0.4, -0.2) is 18.4 Å². The fourth-order valence-corrected chi connectivity index (χ4v) is 5.75. The lowest BCUT2D eigenvalue weighted by molar-refractivity contribution is -0.159. The van der Waals surface area contributed by atoms with Crippen LogP contribution in [0.25, 0.3) is 0 Å². The maximum absolute atomic E-state index is 12.9. The van der Waals surface area contributed by atoms with Crippen molar-refractivity contribution in [3.63, 3.8) is 0 Å². The van der Waals surface area contributed by atoms with Gasteiger partial charge in [0.15, 0.2) is 5.78 Å². The Morgan fingerprint density at radius 1 is 1.04 bits per heavy atom. The van der Waals surface area contributed by atoms with E-state index in [4.69, 9.17) is 4.74 Å². The molecule has 2 bridgehead atoms. The minimum atomic E-state index is -0.538. The summed E-state index contributed by atoms with van der Waals surface area (Å²) in [4.78, 5) is 25.7. The van der Waals surface area contributed by atoms with Crippen LogP contribution in [0.2, 0.25) is 0 Å². The van der Waals surface area contributed by atoms with Gasteiger partial charge in [0.05, 0.1) is 6.61 Å². The number of rotatable bonds is 3. The highest BCUT2D eigenvalue weighted by Crippen LogP contribution is 2.66. The molecule has 136 valence electrons. The fraction of sp³-hybridized carbons (Fsp3) is 0.905. The van der Waals surface area contributed by atoms with Crippen LogP contribution < -0.4 is 0 Å². The highest BCUT2D eigenvalue weighted by molar-refractivity contribution is 6.05. The van der Waals surface area contributed by atoms with Crippen LogP contribution in [0.5, 0.6) is 0 Å². The standard InChI is InChI=1S/C21H34O3/c1-13-8-10-20(6,18(13,2)3)12-24-17(23)15-14-9-11-21(7,16(15)22)19(14,4)5/h13-15H,8-12H2,1-7H3/t13-,14-,15-,20+,21-/m1/s1. The van der Waals surface area contributed by atoms with E-state index in [1.807, 2.05) is 6.92 Å². The van der Waals surface area contributed by atoms with Crippen molar-refractivity contribution in [2.75, 3.05) is 6.61 Å². The molecule has 3 heteroatoms. The topological polar surface area (TPSA) is 43.4 Å². The molecule has 0 N–H and O–H groups in total. The first kappa shape index (κ1) is 17.9. The molecule has 5 atom stereocenters. The molecule has 0 aromatic heterocycles. The molecule has 3 fully saturated rings. The number of carbonyl (C=O) groups excluding carboxylic acids is 2. The van der Waals surface area contributed by atoms with Crippen molar-refractivity contribution in [3.05, 3.63) is 0 Å². The maximum atomic E-state index is 12.9. The van der Waals surface area contributed by atoms with Gasteiger partial charge in [-0.25, -0.2) is 0 Å². The third-order valence-electron chi connectivity index (χ3n) is 9.24. The molecule has 0 heterocycles. The number of fused-ring (bicyclic) bond motifs is 2. The lowest BCUT2D eigenvalue weighted by Crippen LogP contribution is -2.40. The van der Waals surface area contributed by atoms with Crippen LogP contribution in [0.1, 0.15) is 74.1 Å². The number of carbonyl (C=O) groups is 2. The van der Waals surface area contributed by atoms with Gasteiger partial charge in [0.1, 0.15) is 5.92 Å². The average molecular weight is 335 g/mol. The summed E-state index contributed by atoms with van der Waals surface area (Å²) in [6.07, 6.45) is 4.14. The largest absolute Gasteiger partial charge is 0.465 e. The van der Waals surface area contributed by atoms with Gasteiger partial charge in [0.2, 0.25) is 0 Å². The first-order valence-electron chi connectivity index (χ1n) is 9.59. The molecule has 0 aromatic carbocycles. The first-order valence-corrected chi connectivity index (χ1v) is 9.59. The maximum Gasteiger partial charge on any atom is 0.316 e. The number of esters is 1. The van der Waals surface area contributed by atoms with Gasteiger partial charge in [-0.05, 0) is 48.3 Å². The summed E-state index contributed by atoms with van der Waals surface area (Å²) in [5.74, 6) is 0.0920. The summed E-state index contributed by atoms with van der Waals surface area (Å²) in [6.45, 7) is 15.9. The monoisotopic (exact) mass is 334 g/mol. The zero-order valence-corrected chi connectivity index (χ0v) is 16.5. The first-order chi connectivity index (χ1) is 10.9. The normalized spacial score (nSPS) is 45.6. The molecule has 3 aliphatic rings. The molecule has 0 amide bonds. The second kappa shape index (κ2) is 5.08. The van der Waals surface area contributed by atoms with E-state index in [-0.39, 0.29) is 39.3 Å². The summed E-state index contributed by atoms with van der Waals surface area (Å²) >= 11 is 0. The number of hydrogen-bond acceptors (Lipinski definition) is 3. The van der Waals surface area contributed by atoms with Gasteiger partial charge in [0, 0.05) is 10.8 Å². The summed E-state index contributed by atoms with van der Waals surface area (Å²) in [5.41, 5.74) is -0.301. The summed E-state index contributed by atoms with van der Waals surface area (Å²) < 4.78 is 5.80. The van der Waals surface area contributed by atoms with Crippen molar-refractivity contribution in [2.45, 2.75) is 74.1 Å². The molecule has 3 nitrogen and oxygen atoms in total. The van der Waals surface area contributed by atoms with E-state index in [0.29, 0.717) is 12.5 Å². The van der Waals surface area contributed by atoms with Gasteiger partial charge in [0.25, 0.3) is 0 Å². The van der Waals surface area contributed by atoms with Crippen molar-refractivity contribution < 1.29 is 14.3 Å². The van der Waals surface area contributed by atoms with Gasteiger partial charge < -0.3 is 4.74 Å². The van der Waals surface area contributed by atoms with Crippen molar-refractivity contribution >= 4 is 11.8 Å². The smallest absolute Gasteiger partial charge is 0.316 e. The molecule has 24 heavy (non-hydrogen) atoms. The SMILES string of the molecule is C[C@@H]1CC[C@@](C)(COC(=O)[C@H]2C(=O)[C@@]3(C)CC[C@H]2C3(C)C)C1(C)C. The van der Waals surface area contributed by atoms with Gasteiger partial charge >= 0.3 is 5.97 Å². The zero-order chi connectivity index (χ0) is 18.1. The second-order valence-corrected chi connectivity index (χ2v) is 10.4. The van der Waals surface area contributed by atoms with Crippen LogP contribution in [0.3, 0.4) is 0 Å². The molecule has 0 radical (unpaired) electrons. The molecule has 0 aliphatic heterocycles. The molecular weight excluding hydrogens is 300 g/mol. The van der Waals surface area contributed by atoms with E-state index >= 15 is 0 Å². The van der Waals surface area contributed by atoms with Crippen LogP contribution >= 0.6 is 0 Å². The zero-order valence-electron chi connectivity index (χ0n) is 16.5. The van der Waals surface area contributed by atoms with Crippen molar-refractivity contribution in [1.82, 2.24) is 0 Å². The van der Waals surface area contributed by atoms with E-state index in [2.05, 4.69) is 41.5 Å². The predicted molar refractivity (Wildman–Crippen MR) is 94.4 cm³/mol. The Hall–Kier alpha value is -0.860. The lowest BCUT2D eigenvalue weighted by atomic mass is 9.66. The highest BCUT2D eigenvalue weighted by atomic mass is 16.5.